The first-order valence-corrected chi connectivity index (χ1v) is 8.73. The summed E-state index contributed by atoms with van der Waals surface area (Å²) in [4.78, 5) is 12.7. The van der Waals surface area contributed by atoms with Gasteiger partial charge in [-0.2, -0.15) is 5.10 Å². The zero-order chi connectivity index (χ0) is 18.8. The van der Waals surface area contributed by atoms with Crippen LogP contribution in [0.25, 0.3) is 5.69 Å². The number of aromatic nitrogens is 2. The Morgan fingerprint density at radius 3 is 2.40 bits per heavy atom. The van der Waals surface area contributed by atoms with E-state index >= 15 is 0 Å². The first-order valence-electron chi connectivity index (χ1n) is 8.73. The molecule has 0 radical (unpaired) electrons. The average Bonchev–Trinajstić information content (AvgIpc) is 2.87. The predicted octanol–water partition coefficient (Wildman–Crippen LogP) is 3.26. The summed E-state index contributed by atoms with van der Waals surface area (Å²) in [7, 11) is 0. The summed E-state index contributed by atoms with van der Waals surface area (Å²) in [6.45, 7) is 12.0. The molecule has 2 rings (SSSR count). The van der Waals surface area contributed by atoms with Crippen molar-refractivity contribution in [1.82, 2.24) is 15.1 Å². The van der Waals surface area contributed by atoms with E-state index in [-0.39, 0.29) is 11.8 Å². The number of benzene rings is 1. The second-order valence-electron chi connectivity index (χ2n) is 7.65. The third kappa shape index (κ3) is 4.10. The fourth-order valence-electron chi connectivity index (χ4n) is 3.20. The SMILES string of the molecule is Cc1nn(-c2ccccc2)c(C)c1C(=O)NCC(C)(C)C(O)C(C)C. The number of amides is 1. The number of aliphatic hydroxyl groups is 1. The molecule has 1 aromatic carbocycles. The van der Waals surface area contributed by atoms with Crippen LogP contribution >= 0.6 is 0 Å². The molecule has 5 heteroatoms. The molecule has 0 bridgehead atoms. The van der Waals surface area contributed by atoms with E-state index in [1.165, 1.54) is 0 Å². The lowest BCUT2D eigenvalue weighted by Crippen LogP contribution is -2.43. The molecule has 5 nitrogen and oxygen atoms in total. The van der Waals surface area contributed by atoms with Crippen molar-refractivity contribution in [2.45, 2.75) is 47.6 Å². The van der Waals surface area contributed by atoms with Gasteiger partial charge >= 0.3 is 0 Å². The summed E-state index contributed by atoms with van der Waals surface area (Å²) in [6, 6.07) is 9.76. The molecule has 1 heterocycles. The molecule has 1 unspecified atom stereocenters. The summed E-state index contributed by atoms with van der Waals surface area (Å²) >= 11 is 0. The first kappa shape index (κ1) is 19.2. The van der Waals surface area contributed by atoms with Crippen LogP contribution in [0.2, 0.25) is 0 Å². The van der Waals surface area contributed by atoms with Crippen molar-refractivity contribution in [3.8, 4) is 5.69 Å². The summed E-state index contributed by atoms with van der Waals surface area (Å²) in [5, 5.41) is 17.8. The van der Waals surface area contributed by atoms with Crippen LogP contribution in [0.1, 0.15) is 49.4 Å². The summed E-state index contributed by atoms with van der Waals surface area (Å²) in [5.74, 6) is -0.0163. The van der Waals surface area contributed by atoms with Gasteiger partial charge in [0, 0.05) is 12.0 Å². The van der Waals surface area contributed by atoms with Crippen LogP contribution in [0.5, 0.6) is 0 Å². The van der Waals surface area contributed by atoms with E-state index in [1.54, 1.807) is 4.68 Å². The minimum absolute atomic E-state index is 0.135. The van der Waals surface area contributed by atoms with E-state index in [9.17, 15) is 9.90 Å². The standard InChI is InChI=1S/C20H29N3O2/c1-13(2)18(24)20(5,6)12-21-19(25)17-14(3)22-23(15(17)4)16-10-8-7-9-11-16/h7-11,13,18,24H,12H2,1-6H3,(H,21,25). The molecule has 1 aromatic heterocycles. The molecule has 1 amide bonds. The molecule has 2 N–H and O–H groups in total. The maximum Gasteiger partial charge on any atom is 0.255 e. The minimum Gasteiger partial charge on any atom is -0.392 e. The molecule has 0 saturated carbocycles. The van der Waals surface area contributed by atoms with Crippen molar-refractivity contribution in [2.75, 3.05) is 6.54 Å². The molecule has 25 heavy (non-hydrogen) atoms. The topological polar surface area (TPSA) is 67.2 Å². The molecular weight excluding hydrogens is 314 g/mol. The lowest BCUT2D eigenvalue weighted by atomic mass is 9.80. The van der Waals surface area contributed by atoms with E-state index in [1.807, 2.05) is 71.9 Å². The molecule has 1 atom stereocenters. The molecule has 0 aliphatic carbocycles. The second-order valence-corrected chi connectivity index (χ2v) is 7.65. The molecule has 0 saturated heterocycles. The van der Waals surface area contributed by atoms with Gasteiger partial charge in [-0.05, 0) is 31.9 Å². The Morgan fingerprint density at radius 2 is 1.84 bits per heavy atom. The van der Waals surface area contributed by atoms with E-state index in [2.05, 4.69) is 10.4 Å². The van der Waals surface area contributed by atoms with Crippen LogP contribution < -0.4 is 5.32 Å². The van der Waals surface area contributed by atoms with Crippen LogP contribution in [-0.4, -0.2) is 33.4 Å². The summed E-state index contributed by atoms with van der Waals surface area (Å²) in [6.07, 6.45) is -0.484. The zero-order valence-electron chi connectivity index (χ0n) is 16.0. The Labute approximate surface area is 150 Å². The number of rotatable bonds is 6. The fourth-order valence-corrected chi connectivity index (χ4v) is 3.20. The van der Waals surface area contributed by atoms with Gasteiger partial charge < -0.3 is 10.4 Å². The van der Waals surface area contributed by atoms with Crippen LogP contribution in [0, 0.1) is 25.2 Å². The lowest BCUT2D eigenvalue weighted by Gasteiger charge is -2.33. The number of hydrogen-bond acceptors (Lipinski definition) is 3. The lowest BCUT2D eigenvalue weighted by molar-refractivity contribution is 0.0138. The second kappa shape index (κ2) is 7.40. The summed E-state index contributed by atoms with van der Waals surface area (Å²) < 4.78 is 1.79. The predicted molar refractivity (Wildman–Crippen MR) is 100.0 cm³/mol. The van der Waals surface area contributed by atoms with Gasteiger partial charge in [0.1, 0.15) is 0 Å². The molecule has 2 aromatic rings. The summed E-state index contributed by atoms with van der Waals surface area (Å²) in [5.41, 5.74) is 2.63. The number of nitrogens with one attached hydrogen (secondary N) is 1. The van der Waals surface area contributed by atoms with Gasteiger partial charge in [-0.1, -0.05) is 45.9 Å². The van der Waals surface area contributed by atoms with Crippen LogP contribution in [0.15, 0.2) is 30.3 Å². The van der Waals surface area contributed by atoms with E-state index < -0.39 is 11.5 Å². The van der Waals surface area contributed by atoms with Gasteiger partial charge in [0.05, 0.1) is 28.7 Å². The number of aryl methyl sites for hydroxylation is 1. The van der Waals surface area contributed by atoms with E-state index in [4.69, 9.17) is 0 Å². The minimum atomic E-state index is -0.484. The number of aliphatic hydroxyl groups excluding tert-OH is 1. The highest BCUT2D eigenvalue weighted by Gasteiger charge is 2.31. The average molecular weight is 343 g/mol. The van der Waals surface area contributed by atoms with Gasteiger partial charge in [0.2, 0.25) is 0 Å². The van der Waals surface area contributed by atoms with Crippen molar-refractivity contribution in [3.63, 3.8) is 0 Å². The van der Waals surface area contributed by atoms with Crippen LogP contribution in [0.3, 0.4) is 0 Å². The third-order valence-electron chi connectivity index (χ3n) is 4.66. The van der Waals surface area contributed by atoms with Crippen molar-refractivity contribution < 1.29 is 9.90 Å². The van der Waals surface area contributed by atoms with Gasteiger partial charge in [-0.3, -0.25) is 4.79 Å². The maximum absolute atomic E-state index is 12.7. The van der Waals surface area contributed by atoms with Gasteiger partial charge in [0.15, 0.2) is 0 Å². The smallest absolute Gasteiger partial charge is 0.255 e. The Hall–Kier alpha value is -2.14. The first-order chi connectivity index (χ1) is 11.6. The quantitative estimate of drug-likeness (QED) is 0.846. The largest absolute Gasteiger partial charge is 0.392 e. The number of hydrogen-bond donors (Lipinski definition) is 2. The molecular formula is C20H29N3O2. The van der Waals surface area contributed by atoms with Gasteiger partial charge in [0.25, 0.3) is 5.91 Å². The van der Waals surface area contributed by atoms with Crippen molar-refractivity contribution >= 4 is 5.91 Å². The normalized spacial score (nSPS) is 13.1. The number of carbonyl (C=O) groups is 1. The number of carbonyl (C=O) groups excluding carboxylic acids is 1. The van der Waals surface area contributed by atoms with Crippen molar-refractivity contribution in [2.24, 2.45) is 11.3 Å². The zero-order valence-corrected chi connectivity index (χ0v) is 16.0. The monoisotopic (exact) mass is 343 g/mol. The fraction of sp³-hybridized carbons (Fsp3) is 0.500. The third-order valence-corrected chi connectivity index (χ3v) is 4.66. The highest BCUT2D eigenvalue weighted by molar-refractivity contribution is 5.96. The van der Waals surface area contributed by atoms with Crippen molar-refractivity contribution in [3.05, 3.63) is 47.3 Å². The molecule has 0 aliphatic rings. The Morgan fingerprint density at radius 1 is 1.24 bits per heavy atom. The van der Waals surface area contributed by atoms with Gasteiger partial charge in [-0.15, -0.1) is 0 Å². The van der Waals surface area contributed by atoms with Crippen LogP contribution in [0.4, 0.5) is 0 Å². The van der Waals surface area contributed by atoms with Gasteiger partial charge in [-0.25, -0.2) is 4.68 Å². The highest BCUT2D eigenvalue weighted by Crippen LogP contribution is 2.25. The molecule has 0 aliphatic heterocycles. The Bertz CT molecular complexity index is 733. The highest BCUT2D eigenvalue weighted by atomic mass is 16.3. The van der Waals surface area contributed by atoms with E-state index in [0.717, 1.165) is 11.4 Å². The molecule has 136 valence electrons. The number of nitrogens with zero attached hydrogens (tertiary/aromatic N) is 2. The molecule has 0 fully saturated rings. The van der Waals surface area contributed by atoms with Crippen LogP contribution in [-0.2, 0) is 0 Å². The molecule has 0 spiro atoms. The van der Waals surface area contributed by atoms with Crippen molar-refractivity contribution in [1.29, 1.82) is 0 Å². The Balaban J connectivity index is 2.19. The number of para-hydroxylation sites is 1. The Kier molecular flexibility index (Phi) is 5.68. The maximum atomic E-state index is 12.7. The van der Waals surface area contributed by atoms with E-state index in [0.29, 0.717) is 17.8 Å².